The molecule has 1 unspecified atom stereocenters. The van der Waals surface area contributed by atoms with E-state index in [0.717, 1.165) is 21.7 Å². The predicted molar refractivity (Wildman–Crippen MR) is 106 cm³/mol. The summed E-state index contributed by atoms with van der Waals surface area (Å²) in [5.41, 5.74) is 2.53. The van der Waals surface area contributed by atoms with Crippen molar-refractivity contribution in [1.29, 1.82) is 0 Å². The zero-order valence-corrected chi connectivity index (χ0v) is 16.6. The van der Waals surface area contributed by atoms with Crippen molar-refractivity contribution in [3.8, 4) is 0 Å². The van der Waals surface area contributed by atoms with Crippen molar-refractivity contribution in [2.45, 2.75) is 26.3 Å². The van der Waals surface area contributed by atoms with Gasteiger partial charge in [0.1, 0.15) is 6.54 Å². The summed E-state index contributed by atoms with van der Waals surface area (Å²) in [7, 11) is -3.61. The topological polar surface area (TPSA) is 66.5 Å². The van der Waals surface area contributed by atoms with Crippen molar-refractivity contribution in [2.75, 3.05) is 17.1 Å². The summed E-state index contributed by atoms with van der Waals surface area (Å²) in [5, 5.41) is 3.41. The van der Waals surface area contributed by atoms with E-state index in [1.54, 1.807) is 24.3 Å². The summed E-state index contributed by atoms with van der Waals surface area (Å²) in [6.07, 6.45) is 1.78. The number of rotatable bonds is 7. The van der Waals surface area contributed by atoms with Gasteiger partial charge in [-0.25, -0.2) is 8.42 Å². The van der Waals surface area contributed by atoms with Gasteiger partial charge >= 0.3 is 0 Å². The maximum Gasteiger partial charge on any atom is 0.241 e. The highest BCUT2D eigenvalue weighted by atomic mass is 35.5. The summed E-state index contributed by atoms with van der Waals surface area (Å²) in [6.45, 7) is 3.68. The molecule has 140 valence electrons. The normalized spacial score (nSPS) is 12.5. The molecule has 0 heterocycles. The highest BCUT2D eigenvalue weighted by Crippen LogP contribution is 2.21. The van der Waals surface area contributed by atoms with Crippen LogP contribution in [0.5, 0.6) is 0 Å². The van der Waals surface area contributed by atoms with E-state index >= 15 is 0 Å². The molecule has 0 aliphatic heterocycles. The number of nitrogens with one attached hydrogen (secondary N) is 1. The van der Waals surface area contributed by atoms with Crippen molar-refractivity contribution >= 4 is 33.2 Å². The van der Waals surface area contributed by atoms with Gasteiger partial charge in [-0.05, 0) is 43.2 Å². The van der Waals surface area contributed by atoms with Gasteiger partial charge in [0, 0.05) is 5.02 Å². The smallest absolute Gasteiger partial charge is 0.241 e. The maximum atomic E-state index is 12.5. The number of sulfonamides is 1. The molecule has 0 aliphatic rings. The number of carbonyl (C=O) groups is 1. The van der Waals surface area contributed by atoms with Crippen molar-refractivity contribution in [2.24, 2.45) is 0 Å². The lowest BCUT2D eigenvalue weighted by molar-refractivity contribution is -0.120. The van der Waals surface area contributed by atoms with Crippen LogP contribution in [0, 0.1) is 6.92 Å². The quantitative estimate of drug-likeness (QED) is 0.778. The first-order valence-corrected chi connectivity index (χ1v) is 10.5. The van der Waals surface area contributed by atoms with E-state index in [0.29, 0.717) is 17.1 Å². The minimum absolute atomic E-state index is 0.172. The lowest BCUT2D eigenvalue weighted by Gasteiger charge is -2.24. The molecule has 1 N–H and O–H groups in total. The van der Waals surface area contributed by atoms with Crippen LogP contribution in [0.15, 0.2) is 48.5 Å². The van der Waals surface area contributed by atoms with Crippen molar-refractivity contribution in [3.63, 3.8) is 0 Å². The molecular formula is C19H23ClN2O3S. The van der Waals surface area contributed by atoms with Gasteiger partial charge in [0.05, 0.1) is 18.0 Å². The Bertz CT molecular complexity index is 849. The number of hydrogen-bond acceptors (Lipinski definition) is 3. The second kappa shape index (κ2) is 8.56. The van der Waals surface area contributed by atoms with Crippen LogP contribution in [0.2, 0.25) is 5.02 Å². The Morgan fingerprint density at radius 1 is 1.12 bits per heavy atom. The fourth-order valence-electron chi connectivity index (χ4n) is 2.60. The minimum Gasteiger partial charge on any atom is -0.348 e. The number of anilines is 1. The number of nitrogens with zero attached hydrogens (tertiary/aromatic N) is 1. The van der Waals surface area contributed by atoms with Crippen LogP contribution in [-0.2, 0) is 14.8 Å². The third kappa shape index (κ3) is 5.47. The first-order chi connectivity index (χ1) is 12.2. The largest absolute Gasteiger partial charge is 0.348 e. The van der Waals surface area contributed by atoms with Gasteiger partial charge in [-0.15, -0.1) is 0 Å². The first kappa shape index (κ1) is 20.3. The molecule has 2 rings (SSSR count). The van der Waals surface area contributed by atoms with E-state index in [2.05, 4.69) is 5.32 Å². The summed E-state index contributed by atoms with van der Waals surface area (Å²) in [4.78, 5) is 12.5. The van der Waals surface area contributed by atoms with Crippen LogP contribution in [0.25, 0.3) is 0 Å². The summed E-state index contributed by atoms with van der Waals surface area (Å²) in [5.74, 6) is -0.363. The van der Waals surface area contributed by atoms with E-state index < -0.39 is 10.0 Å². The van der Waals surface area contributed by atoms with Gasteiger partial charge in [-0.2, -0.15) is 0 Å². The van der Waals surface area contributed by atoms with Gasteiger partial charge in [-0.1, -0.05) is 48.4 Å². The van der Waals surface area contributed by atoms with Gasteiger partial charge in [0.15, 0.2) is 0 Å². The summed E-state index contributed by atoms with van der Waals surface area (Å²) < 4.78 is 25.3. The Morgan fingerprint density at radius 2 is 1.69 bits per heavy atom. The lowest BCUT2D eigenvalue weighted by atomic mass is 10.0. The zero-order valence-electron chi connectivity index (χ0n) is 15.1. The predicted octanol–water partition coefficient (Wildman–Crippen LogP) is 3.68. The van der Waals surface area contributed by atoms with Crippen molar-refractivity contribution < 1.29 is 13.2 Å². The standard InChI is InChI=1S/C19H23ClN2O3S/c1-4-18(15-7-5-14(2)6-8-15)21-19(23)13-22(26(3,24)25)17-11-9-16(20)10-12-17/h5-12,18H,4,13H2,1-3H3,(H,21,23). The molecule has 7 heteroatoms. The Labute approximate surface area is 160 Å². The molecule has 0 fully saturated rings. The Morgan fingerprint density at radius 3 is 2.19 bits per heavy atom. The molecule has 0 aromatic heterocycles. The fraction of sp³-hybridized carbons (Fsp3) is 0.316. The van der Waals surface area contributed by atoms with Crippen molar-refractivity contribution in [1.82, 2.24) is 5.32 Å². The number of carbonyl (C=O) groups excluding carboxylic acids is 1. The monoisotopic (exact) mass is 394 g/mol. The lowest BCUT2D eigenvalue weighted by Crippen LogP contribution is -2.41. The van der Waals surface area contributed by atoms with E-state index in [9.17, 15) is 13.2 Å². The molecule has 0 saturated carbocycles. The fourth-order valence-corrected chi connectivity index (χ4v) is 3.58. The van der Waals surface area contributed by atoms with Crippen LogP contribution in [0.1, 0.15) is 30.5 Å². The molecular weight excluding hydrogens is 372 g/mol. The molecule has 0 radical (unpaired) electrons. The molecule has 0 bridgehead atoms. The van der Waals surface area contributed by atoms with Crippen LogP contribution in [0.3, 0.4) is 0 Å². The zero-order chi connectivity index (χ0) is 19.3. The third-order valence-electron chi connectivity index (χ3n) is 4.03. The van der Waals surface area contributed by atoms with Crippen molar-refractivity contribution in [3.05, 3.63) is 64.7 Å². The third-order valence-corrected chi connectivity index (χ3v) is 5.42. The van der Waals surface area contributed by atoms with Crippen LogP contribution in [0.4, 0.5) is 5.69 Å². The van der Waals surface area contributed by atoms with E-state index in [4.69, 9.17) is 11.6 Å². The van der Waals surface area contributed by atoms with E-state index in [1.165, 1.54) is 0 Å². The highest BCUT2D eigenvalue weighted by Gasteiger charge is 2.22. The highest BCUT2D eigenvalue weighted by molar-refractivity contribution is 7.92. The minimum atomic E-state index is -3.61. The Hall–Kier alpha value is -2.05. The number of hydrogen-bond donors (Lipinski definition) is 1. The Balaban J connectivity index is 2.16. The second-order valence-corrected chi connectivity index (χ2v) is 8.53. The van der Waals surface area contributed by atoms with Crippen LogP contribution < -0.4 is 9.62 Å². The summed E-state index contributed by atoms with van der Waals surface area (Å²) >= 11 is 5.86. The van der Waals surface area contributed by atoms with E-state index in [1.807, 2.05) is 38.1 Å². The SMILES string of the molecule is CCC(NC(=O)CN(c1ccc(Cl)cc1)S(C)(=O)=O)c1ccc(C)cc1. The molecule has 2 aromatic carbocycles. The van der Waals surface area contributed by atoms with Gasteiger partial charge < -0.3 is 5.32 Å². The second-order valence-electron chi connectivity index (χ2n) is 6.19. The molecule has 1 amide bonds. The van der Waals surface area contributed by atoms with Crippen LogP contribution >= 0.6 is 11.6 Å². The molecule has 0 saturated heterocycles. The number of halogens is 1. The number of benzene rings is 2. The van der Waals surface area contributed by atoms with Gasteiger partial charge in [0.25, 0.3) is 0 Å². The van der Waals surface area contributed by atoms with E-state index in [-0.39, 0.29) is 18.5 Å². The first-order valence-electron chi connectivity index (χ1n) is 8.30. The molecule has 0 aliphatic carbocycles. The molecule has 0 spiro atoms. The van der Waals surface area contributed by atoms with Gasteiger partial charge in [-0.3, -0.25) is 9.10 Å². The average molecular weight is 395 g/mol. The van der Waals surface area contributed by atoms with Gasteiger partial charge in [0.2, 0.25) is 15.9 Å². The molecule has 26 heavy (non-hydrogen) atoms. The molecule has 2 aromatic rings. The number of amides is 1. The van der Waals surface area contributed by atoms with Crippen LogP contribution in [-0.4, -0.2) is 27.1 Å². The Kier molecular flexibility index (Phi) is 6.67. The molecule has 1 atom stereocenters. The maximum absolute atomic E-state index is 12.5. The molecule has 5 nitrogen and oxygen atoms in total. The number of aryl methyl sites for hydroxylation is 1. The summed E-state index contributed by atoms with van der Waals surface area (Å²) in [6, 6.07) is 14.1. The average Bonchev–Trinajstić information content (AvgIpc) is 2.58.